The van der Waals surface area contributed by atoms with Gasteiger partial charge in [0.1, 0.15) is 6.54 Å². The Morgan fingerprint density at radius 1 is 1.12 bits per heavy atom. The van der Waals surface area contributed by atoms with E-state index in [9.17, 15) is 13.2 Å². The monoisotopic (exact) mass is 380 g/mol. The fourth-order valence-corrected chi connectivity index (χ4v) is 3.50. The highest BCUT2D eigenvalue weighted by Crippen LogP contribution is 2.27. The van der Waals surface area contributed by atoms with E-state index in [2.05, 4.69) is 5.32 Å². The molecule has 0 saturated carbocycles. The van der Waals surface area contributed by atoms with E-state index in [1.807, 2.05) is 30.3 Å². The van der Waals surface area contributed by atoms with Crippen LogP contribution in [0.4, 0.5) is 5.69 Å². The molecule has 0 aromatic heterocycles. The maximum absolute atomic E-state index is 12.2. The summed E-state index contributed by atoms with van der Waals surface area (Å²) in [6.45, 7) is 1.88. The molecule has 0 aliphatic rings. The van der Waals surface area contributed by atoms with E-state index >= 15 is 0 Å². The normalized spacial score (nSPS) is 11.2. The second kappa shape index (κ2) is 8.36. The third kappa shape index (κ3) is 5.47. The molecule has 0 aliphatic heterocycles. The number of hydrogen-bond acceptors (Lipinski definition) is 3. The van der Waals surface area contributed by atoms with Crippen LogP contribution in [0.5, 0.6) is 0 Å². The number of sulfonamides is 1. The standard InChI is InChI=1S/C18H21ClN2O3S/c1-14-16(19)9-6-10-17(14)21(25(2,23)24)13-18(22)20-12-11-15-7-4-3-5-8-15/h3-10H,11-13H2,1-2H3,(H,20,22). The van der Waals surface area contributed by atoms with Gasteiger partial charge in [-0.05, 0) is 36.6 Å². The summed E-state index contributed by atoms with van der Waals surface area (Å²) in [5, 5.41) is 3.21. The van der Waals surface area contributed by atoms with Crippen molar-refractivity contribution in [3.05, 3.63) is 64.7 Å². The maximum atomic E-state index is 12.2. The van der Waals surface area contributed by atoms with Gasteiger partial charge in [-0.1, -0.05) is 48.0 Å². The van der Waals surface area contributed by atoms with Crippen LogP contribution in [0.3, 0.4) is 0 Å². The zero-order valence-electron chi connectivity index (χ0n) is 14.2. The molecule has 5 nitrogen and oxygen atoms in total. The zero-order valence-corrected chi connectivity index (χ0v) is 15.8. The Morgan fingerprint density at radius 2 is 1.80 bits per heavy atom. The van der Waals surface area contributed by atoms with E-state index in [4.69, 9.17) is 11.6 Å². The predicted octanol–water partition coefficient (Wildman–Crippen LogP) is 2.77. The summed E-state index contributed by atoms with van der Waals surface area (Å²) in [6.07, 6.45) is 1.76. The molecule has 2 rings (SSSR count). The van der Waals surface area contributed by atoms with Crippen molar-refractivity contribution in [2.75, 3.05) is 23.7 Å². The summed E-state index contributed by atoms with van der Waals surface area (Å²) < 4.78 is 25.3. The van der Waals surface area contributed by atoms with Gasteiger partial charge in [-0.15, -0.1) is 0 Å². The highest BCUT2D eigenvalue weighted by molar-refractivity contribution is 7.92. The SMILES string of the molecule is Cc1c(Cl)cccc1N(CC(=O)NCCc1ccccc1)S(C)(=O)=O. The van der Waals surface area contributed by atoms with Crippen molar-refractivity contribution in [3.8, 4) is 0 Å². The van der Waals surface area contributed by atoms with E-state index in [1.165, 1.54) is 0 Å². The summed E-state index contributed by atoms with van der Waals surface area (Å²) in [4.78, 5) is 12.2. The second-order valence-electron chi connectivity index (χ2n) is 5.74. The Bertz CT molecular complexity index is 839. The van der Waals surface area contributed by atoms with Gasteiger partial charge >= 0.3 is 0 Å². The average molecular weight is 381 g/mol. The van der Waals surface area contributed by atoms with Crippen molar-refractivity contribution in [2.45, 2.75) is 13.3 Å². The Labute approximate surface area is 153 Å². The van der Waals surface area contributed by atoms with Crippen molar-refractivity contribution in [3.63, 3.8) is 0 Å². The minimum absolute atomic E-state index is 0.283. The lowest BCUT2D eigenvalue weighted by molar-refractivity contribution is -0.119. The van der Waals surface area contributed by atoms with Crippen LogP contribution in [-0.4, -0.2) is 33.7 Å². The minimum atomic E-state index is -3.62. The van der Waals surface area contributed by atoms with Crippen molar-refractivity contribution in [2.24, 2.45) is 0 Å². The molecule has 0 saturated heterocycles. The third-order valence-corrected chi connectivity index (χ3v) is 5.31. The molecule has 0 spiro atoms. The molecule has 1 amide bonds. The molecular formula is C18H21ClN2O3S. The van der Waals surface area contributed by atoms with Crippen LogP contribution < -0.4 is 9.62 Å². The van der Waals surface area contributed by atoms with Gasteiger partial charge in [0.25, 0.3) is 0 Å². The molecule has 7 heteroatoms. The number of anilines is 1. The highest BCUT2D eigenvalue weighted by atomic mass is 35.5. The molecule has 2 aromatic rings. The lowest BCUT2D eigenvalue weighted by atomic mass is 10.1. The fraction of sp³-hybridized carbons (Fsp3) is 0.278. The van der Waals surface area contributed by atoms with E-state index < -0.39 is 10.0 Å². The van der Waals surface area contributed by atoms with Crippen molar-refractivity contribution < 1.29 is 13.2 Å². The lowest BCUT2D eigenvalue weighted by Crippen LogP contribution is -2.41. The first-order chi connectivity index (χ1) is 11.8. The molecule has 0 unspecified atom stereocenters. The van der Waals surface area contributed by atoms with Gasteiger partial charge in [-0.2, -0.15) is 0 Å². The van der Waals surface area contributed by atoms with Gasteiger partial charge in [0.15, 0.2) is 0 Å². The Balaban J connectivity index is 2.05. The number of halogens is 1. The molecule has 1 N–H and O–H groups in total. The van der Waals surface area contributed by atoms with Crippen LogP contribution in [0.15, 0.2) is 48.5 Å². The van der Waals surface area contributed by atoms with Gasteiger partial charge < -0.3 is 5.32 Å². The van der Waals surface area contributed by atoms with Crippen LogP contribution in [0.25, 0.3) is 0 Å². The van der Waals surface area contributed by atoms with Crippen molar-refractivity contribution >= 4 is 33.2 Å². The number of carbonyl (C=O) groups excluding carboxylic acids is 1. The molecule has 0 aliphatic carbocycles. The van der Waals surface area contributed by atoms with Crippen LogP contribution in [0.2, 0.25) is 5.02 Å². The highest BCUT2D eigenvalue weighted by Gasteiger charge is 2.22. The van der Waals surface area contributed by atoms with Gasteiger partial charge in [0.2, 0.25) is 15.9 Å². The molecule has 25 heavy (non-hydrogen) atoms. The number of rotatable bonds is 7. The third-order valence-electron chi connectivity index (χ3n) is 3.77. The van der Waals surface area contributed by atoms with Gasteiger partial charge in [0.05, 0.1) is 11.9 Å². The van der Waals surface area contributed by atoms with Gasteiger partial charge in [0, 0.05) is 11.6 Å². The molecule has 134 valence electrons. The molecule has 2 aromatic carbocycles. The quantitative estimate of drug-likeness (QED) is 0.803. The lowest BCUT2D eigenvalue weighted by Gasteiger charge is -2.24. The minimum Gasteiger partial charge on any atom is -0.354 e. The average Bonchev–Trinajstić information content (AvgIpc) is 2.55. The first-order valence-electron chi connectivity index (χ1n) is 7.82. The predicted molar refractivity (Wildman–Crippen MR) is 102 cm³/mol. The van der Waals surface area contributed by atoms with E-state index in [1.54, 1.807) is 25.1 Å². The Morgan fingerprint density at radius 3 is 2.44 bits per heavy atom. The summed E-state index contributed by atoms with van der Waals surface area (Å²) in [7, 11) is -3.62. The van der Waals surface area contributed by atoms with E-state index in [-0.39, 0.29) is 12.5 Å². The second-order valence-corrected chi connectivity index (χ2v) is 8.05. The fourth-order valence-electron chi connectivity index (χ4n) is 2.42. The smallest absolute Gasteiger partial charge is 0.240 e. The molecule has 0 heterocycles. The van der Waals surface area contributed by atoms with E-state index in [0.29, 0.717) is 29.2 Å². The molecular weight excluding hydrogens is 360 g/mol. The maximum Gasteiger partial charge on any atom is 0.240 e. The number of nitrogens with zero attached hydrogens (tertiary/aromatic N) is 1. The summed E-state index contributed by atoms with van der Waals surface area (Å²) in [6, 6.07) is 14.7. The number of hydrogen-bond donors (Lipinski definition) is 1. The first-order valence-corrected chi connectivity index (χ1v) is 10.0. The van der Waals surface area contributed by atoms with Crippen LogP contribution in [0.1, 0.15) is 11.1 Å². The van der Waals surface area contributed by atoms with Crippen LogP contribution >= 0.6 is 11.6 Å². The van der Waals surface area contributed by atoms with Crippen molar-refractivity contribution in [1.82, 2.24) is 5.32 Å². The Hall–Kier alpha value is -2.05. The number of nitrogens with one attached hydrogen (secondary N) is 1. The first kappa shape index (κ1) is 19.3. The van der Waals surface area contributed by atoms with Crippen LogP contribution in [0, 0.1) is 6.92 Å². The van der Waals surface area contributed by atoms with Crippen molar-refractivity contribution in [1.29, 1.82) is 0 Å². The van der Waals surface area contributed by atoms with Crippen LogP contribution in [-0.2, 0) is 21.2 Å². The van der Waals surface area contributed by atoms with Gasteiger partial charge in [-0.25, -0.2) is 8.42 Å². The summed E-state index contributed by atoms with van der Waals surface area (Å²) in [5.74, 6) is -0.360. The largest absolute Gasteiger partial charge is 0.354 e. The number of carbonyl (C=O) groups is 1. The number of amides is 1. The zero-order chi connectivity index (χ0) is 18.4. The molecule has 0 radical (unpaired) electrons. The van der Waals surface area contributed by atoms with Gasteiger partial charge in [-0.3, -0.25) is 9.10 Å². The Kier molecular flexibility index (Phi) is 6.45. The number of benzene rings is 2. The topological polar surface area (TPSA) is 66.5 Å². The van der Waals surface area contributed by atoms with E-state index in [0.717, 1.165) is 16.1 Å². The molecule has 0 atom stereocenters. The summed E-state index contributed by atoms with van der Waals surface area (Å²) in [5.41, 5.74) is 2.13. The molecule has 0 bridgehead atoms. The summed E-state index contributed by atoms with van der Waals surface area (Å²) >= 11 is 6.07. The molecule has 0 fully saturated rings.